The molecule has 3 amide bonds. The van der Waals surface area contributed by atoms with Crippen molar-refractivity contribution in [3.05, 3.63) is 30.1 Å². The minimum Gasteiger partial charge on any atom is -0.345 e. The molecule has 0 radical (unpaired) electrons. The van der Waals surface area contributed by atoms with Crippen LogP contribution in [0.2, 0.25) is 0 Å². The topological polar surface area (TPSA) is 81.3 Å². The normalized spacial score (nSPS) is 15.3. The van der Waals surface area contributed by atoms with Gasteiger partial charge in [-0.2, -0.15) is 0 Å². The number of carbonyl (C=O) groups is 2. The molecule has 0 spiro atoms. The van der Waals surface area contributed by atoms with Crippen LogP contribution in [0.25, 0.3) is 11.0 Å². The number of hydrogen-bond donors (Lipinski definition) is 2. The average molecular weight is 357 g/mol. The number of aromatic amines is 1. The van der Waals surface area contributed by atoms with Crippen LogP contribution in [0.1, 0.15) is 26.3 Å². The van der Waals surface area contributed by atoms with E-state index >= 15 is 0 Å². The van der Waals surface area contributed by atoms with Gasteiger partial charge in [0.15, 0.2) is 0 Å². The zero-order chi connectivity index (χ0) is 18.7. The van der Waals surface area contributed by atoms with Crippen molar-refractivity contribution in [1.82, 2.24) is 25.1 Å². The molecule has 0 atom stereocenters. The van der Waals surface area contributed by atoms with Crippen LogP contribution in [0.15, 0.2) is 24.5 Å². The molecule has 1 aromatic carbocycles. The lowest BCUT2D eigenvalue weighted by atomic mass is 9.97. The van der Waals surface area contributed by atoms with Crippen LogP contribution >= 0.6 is 0 Å². The lowest BCUT2D eigenvalue weighted by molar-refractivity contribution is -0.131. The molecule has 7 heteroatoms. The van der Waals surface area contributed by atoms with Crippen molar-refractivity contribution >= 4 is 23.0 Å². The Hall–Kier alpha value is -2.57. The Morgan fingerprint density at radius 2 is 1.85 bits per heavy atom. The molecule has 0 saturated carbocycles. The molecule has 26 heavy (non-hydrogen) atoms. The molecule has 1 aliphatic heterocycles. The van der Waals surface area contributed by atoms with Crippen molar-refractivity contribution in [2.45, 2.75) is 27.2 Å². The monoisotopic (exact) mass is 357 g/mol. The van der Waals surface area contributed by atoms with Crippen LogP contribution in [0.3, 0.4) is 0 Å². The van der Waals surface area contributed by atoms with E-state index in [1.165, 1.54) is 0 Å². The number of urea groups is 1. The molecular weight excluding hydrogens is 330 g/mol. The van der Waals surface area contributed by atoms with E-state index < -0.39 is 0 Å². The molecule has 1 fully saturated rings. The summed E-state index contributed by atoms with van der Waals surface area (Å²) in [6.07, 6.45) is 2.02. The number of nitrogens with one attached hydrogen (secondary N) is 2. The number of fused-ring (bicyclic) bond motifs is 1. The van der Waals surface area contributed by atoms with Crippen molar-refractivity contribution in [3.8, 4) is 0 Å². The molecule has 7 nitrogen and oxygen atoms in total. The first-order chi connectivity index (χ1) is 12.3. The van der Waals surface area contributed by atoms with Crippen molar-refractivity contribution in [1.29, 1.82) is 0 Å². The molecule has 0 unspecified atom stereocenters. The van der Waals surface area contributed by atoms with Crippen LogP contribution in [0, 0.1) is 5.41 Å². The summed E-state index contributed by atoms with van der Waals surface area (Å²) in [7, 11) is 0. The Kier molecular flexibility index (Phi) is 5.15. The van der Waals surface area contributed by atoms with E-state index in [0.717, 1.165) is 16.6 Å². The number of imidazole rings is 1. The third-order valence-electron chi connectivity index (χ3n) is 4.53. The van der Waals surface area contributed by atoms with Gasteiger partial charge in [-0.05, 0) is 23.1 Å². The van der Waals surface area contributed by atoms with Gasteiger partial charge in [0.1, 0.15) is 0 Å². The van der Waals surface area contributed by atoms with Gasteiger partial charge in [0.05, 0.1) is 23.8 Å². The zero-order valence-corrected chi connectivity index (χ0v) is 15.7. The van der Waals surface area contributed by atoms with E-state index in [1.54, 1.807) is 11.2 Å². The summed E-state index contributed by atoms with van der Waals surface area (Å²) in [4.78, 5) is 35.6. The van der Waals surface area contributed by atoms with Crippen molar-refractivity contribution in [2.24, 2.45) is 5.41 Å². The quantitative estimate of drug-likeness (QED) is 0.882. The number of aromatic nitrogens is 2. The smallest absolute Gasteiger partial charge is 0.317 e. The van der Waals surface area contributed by atoms with Gasteiger partial charge in [0.2, 0.25) is 5.91 Å². The number of rotatable bonds is 3. The molecule has 2 heterocycles. The second-order valence-corrected chi connectivity index (χ2v) is 8.02. The molecule has 2 N–H and O–H groups in total. The van der Waals surface area contributed by atoms with Gasteiger partial charge in [-0.25, -0.2) is 9.78 Å². The van der Waals surface area contributed by atoms with Crippen molar-refractivity contribution < 1.29 is 9.59 Å². The fourth-order valence-electron chi connectivity index (χ4n) is 2.99. The third-order valence-corrected chi connectivity index (χ3v) is 4.53. The van der Waals surface area contributed by atoms with E-state index in [2.05, 4.69) is 36.1 Å². The summed E-state index contributed by atoms with van der Waals surface area (Å²) in [6.45, 7) is 9.20. The van der Waals surface area contributed by atoms with Crippen LogP contribution in [-0.2, 0) is 11.2 Å². The minimum absolute atomic E-state index is 0.0447. The van der Waals surface area contributed by atoms with Gasteiger partial charge in [0.25, 0.3) is 0 Å². The maximum atomic E-state index is 12.6. The van der Waals surface area contributed by atoms with Crippen LogP contribution in [-0.4, -0.2) is 64.4 Å². The number of hydrogen-bond acceptors (Lipinski definition) is 3. The lowest BCUT2D eigenvalue weighted by Crippen LogP contribution is -2.54. The fourth-order valence-corrected chi connectivity index (χ4v) is 2.99. The Bertz CT molecular complexity index is 785. The average Bonchev–Trinajstić information content (AvgIpc) is 3.07. The number of amides is 3. The first-order valence-electron chi connectivity index (χ1n) is 9.04. The minimum atomic E-state index is -0.0447. The summed E-state index contributed by atoms with van der Waals surface area (Å²) in [5, 5.41) is 2.96. The number of piperazine rings is 1. The standard InChI is InChI=1S/C19H27N5O2/c1-19(2,3)12-20-18(26)24-8-6-23(7-9-24)17(25)11-14-4-5-15-16(10-14)22-13-21-15/h4-5,10,13H,6-9,11-12H2,1-3H3,(H,20,26)(H,21,22). The highest BCUT2D eigenvalue weighted by Gasteiger charge is 2.24. The Morgan fingerprint density at radius 3 is 2.54 bits per heavy atom. The van der Waals surface area contributed by atoms with E-state index in [1.807, 2.05) is 23.1 Å². The molecule has 0 aliphatic carbocycles. The fraction of sp³-hybridized carbons (Fsp3) is 0.526. The molecule has 3 rings (SSSR count). The van der Waals surface area contributed by atoms with Gasteiger partial charge >= 0.3 is 6.03 Å². The van der Waals surface area contributed by atoms with Gasteiger partial charge in [-0.1, -0.05) is 26.8 Å². The van der Waals surface area contributed by atoms with Crippen molar-refractivity contribution in [3.63, 3.8) is 0 Å². The SMILES string of the molecule is CC(C)(C)CNC(=O)N1CCN(C(=O)Cc2ccc3nc[nH]c3c2)CC1. The van der Waals surface area contributed by atoms with Gasteiger partial charge in [-0.15, -0.1) is 0 Å². The van der Waals surface area contributed by atoms with Crippen molar-refractivity contribution in [2.75, 3.05) is 32.7 Å². The molecule has 1 aromatic heterocycles. The van der Waals surface area contributed by atoms with Gasteiger partial charge in [-0.3, -0.25) is 4.79 Å². The van der Waals surface area contributed by atoms with Crippen LogP contribution < -0.4 is 5.32 Å². The largest absolute Gasteiger partial charge is 0.345 e. The number of benzene rings is 1. The van der Waals surface area contributed by atoms with Gasteiger partial charge < -0.3 is 20.1 Å². The number of carbonyl (C=O) groups excluding carboxylic acids is 2. The Labute approximate surface area is 153 Å². The Balaban J connectivity index is 1.49. The summed E-state index contributed by atoms with van der Waals surface area (Å²) in [6, 6.07) is 5.79. The van der Waals surface area contributed by atoms with E-state index in [0.29, 0.717) is 39.1 Å². The summed E-state index contributed by atoms with van der Waals surface area (Å²) >= 11 is 0. The highest BCUT2D eigenvalue weighted by molar-refractivity contribution is 5.82. The summed E-state index contributed by atoms with van der Waals surface area (Å²) in [5.74, 6) is 0.0959. The number of H-pyrrole nitrogens is 1. The van der Waals surface area contributed by atoms with Gasteiger partial charge in [0, 0.05) is 32.7 Å². The number of nitrogens with zero attached hydrogens (tertiary/aromatic N) is 3. The maximum absolute atomic E-state index is 12.6. The maximum Gasteiger partial charge on any atom is 0.317 e. The molecule has 140 valence electrons. The third kappa shape index (κ3) is 4.53. The highest BCUT2D eigenvalue weighted by atomic mass is 16.2. The van der Waals surface area contributed by atoms with Crippen LogP contribution in [0.4, 0.5) is 4.79 Å². The Morgan fingerprint density at radius 1 is 1.15 bits per heavy atom. The predicted octanol–water partition coefficient (Wildman–Crippen LogP) is 2.01. The second kappa shape index (κ2) is 7.35. The predicted molar refractivity (Wildman–Crippen MR) is 101 cm³/mol. The molecule has 0 bridgehead atoms. The summed E-state index contributed by atoms with van der Waals surface area (Å²) in [5.41, 5.74) is 2.87. The summed E-state index contributed by atoms with van der Waals surface area (Å²) < 4.78 is 0. The van der Waals surface area contributed by atoms with E-state index in [9.17, 15) is 9.59 Å². The molecule has 2 aromatic rings. The molecular formula is C19H27N5O2. The second-order valence-electron chi connectivity index (χ2n) is 8.02. The first-order valence-corrected chi connectivity index (χ1v) is 9.04. The van der Waals surface area contributed by atoms with Crippen LogP contribution in [0.5, 0.6) is 0 Å². The lowest BCUT2D eigenvalue weighted by Gasteiger charge is -2.35. The molecule has 1 saturated heterocycles. The van der Waals surface area contributed by atoms with E-state index in [4.69, 9.17) is 0 Å². The zero-order valence-electron chi connectivity index (χ0n) is 15.7. The molecule has 1 aliphatic rings. The first kappa shape index (κ1) is 18.2. The highest BCUT2D eigenvalue weighted by Crippen LogP contribution is 2.14. The van der Waals surface area contributed by atoms with E-state index in [-0.39, 0.29) is 17.4 Å².